The van der Waals surface area contributed by atoms with Gasteiger partial charge < -0.3 is 14.6 Å². The second-order valence-corrected chi connectivity index (χ2v) is 10.7. The first-order valence-electron chi connectivity index (χ1n) is 12.4. The largest absolute Gasteiger partial charge is 0.458 e. The van der Waals surface area contributed by atoms with E-state index in [9.17, 15) is 24.3 Å². The van der Waals surface area contributed by atoms with Gasteiger partial charge in [0.15, 0.2) is 5.78 Å². The number of benzene rings is 1. The predicted molar refractivity (Wildman–Crippen MR) is 134 cm³/mol. The fourth-order valence-corrected chi connectivity index (χ4v) is 5.10. The molecule has 2 aliphatic carbocycles. The summed E-state index contributed by atoms with van der Waals surface area (Å²) in [7, 11) is 0. The highest BCUT2D eigenvalue weighted by atomic mass is 16.5. The number of allylic oxidation sites excluding steroid dienone is 2. The molecule has 6 atom stereocenters. The standard InChI is InChI=1S/C29H36O7/c1-17-12-13-28(5,6)24(31)15-23(35-20(4)30)18(2)14-22-25(19(3)16-29(22,34)26(17)32)36-27(33)21-10-8-7-9-11-21/h7-14,17,19,22-23,25,34H,15-16H2,1-6H3/b13-12+,18-14?/t17-,19-,22-,23+,25-,29-/m0/s1. The highest BCUT2D eigenvalue weighted by molar-refractivity contribution is 5.93. The Morgan fingerprint density at radius 1 is 1.06 bits per heavy atom. The number of hydrogen-bond donors (Lipinski definition) is 1. The fraction of sp³-hybridized carbons (Fsp3) is 0.517. The highest BCUT2D eigenvalue weighted by Crippen LogP contribution is 2.46. The highest BCUT2D eigenvalue weighted by Gasteiger charge is 2.57. The Morgan fingerprint density at radius 3 is 2.31 bits per heavy atom. The molecule has 0 radical (unpaired) electrons. The number of Topliss-reactive ketones (excluding diaryl/α,β-unsaturated/α-hetero) is 2. The Balaban J connectivity index is 2.10. The third-order valence-electron chi connectivity index (χ3n) is 7.34. The van der Waals surface area contributed by atoms with Gasteiger partial charge in [-0.2, -0.15) is 0 Å². The van der Waals surface area contributed by atoms with E-state index >= 15 is 0 Å². The SMILES string of the molecule is CC(=O)O[C@@H]1CC(=O)C(C)(C)/C=C/[C@H](C)C(=O)[C@]2(O)C[C@H](C)[C@H](OC(=O)c3ccccc3)[C@@H]2C=C1C. The molecule has 36 heavy (non-hydrogen) atoms. The van der Waals surface area contributed by atoms with Gasteiger partial charge in [-0.05, 0) is 50.8 Å². The van der Waals surface area contributed by atoms with Crippen LogP contribution in [0.4, 0.5) is 0 Å². The van der Waals surface area contributed by atoms with Crippen molar-refractivity contribution in [1.29, 1.82) is 0 Å². The zero-order valence-corrected chi connectivity index (χ0v) is 21.8. The van der Waals surface area contributed by atoms with Crippen molar-refractivity contribution in [1.82, 2.24) is 0 Å². The monoisotopic (exact) mass is 496 g/mol. The zero-order valence-electron chi connectivity index (χ0n) is 21.8. The second-order valence-electron chi connectivity index (χ2n) is 10.7. The smallest absolute Gasteiger partial charge is 0.338 e. The van der Waals surface area contributed by atoms with Gasteiger partial charge in [0.2, 0.25) is 0 Å². The van der Waals surface area contributed by atoms with E-state index < -0.39 is 52.8 Å². The van der Waals surface area contributed by atoms with Gasteiger partial charge >= 0.3 is 11.9 Å². The van der Waals surface area contributed by atoms with Gasteiger partial charge in [-0.3, -0.25) is 14.4 Å². The summed E-state index contributed by atoms with van der Waals surface area (Å²) in [5.41, 5.74) is -1.83. The summed E-state index contributed by atoms with van der Waals surface area (Å²) in [6.45, 7) is 9.97. The third-order valence-corrected chi connectivity index (χ3v) is 7.34. The molecule has 0 amide bonds. The van der Waals surface area contributed by atoms with E-state index in [2.05, 4.69) is 0 Å². The third kappa shape index (κ3) is 5.67. The van der Waals surface area contributed by atoms with E-state index in [-0.39, 0.29) is 24.5 Å². The summed E-state index contributed by atoms with van der Waals surface area (Å²) in [4.78, 5) is 51.5. The quantitative estimate of drug-likeness (QED) is 0.493. The van der Waals surface area contributed by atoms with Crippen LogP contribution in [0.25, 0.3) is 0 Å². The molecule has 0 bridgehead atoms. The lowest BCUT2D eigenvalue weighted by Crippen LogP contribution is -2.47. The van der Waals surface area contributed by atoms with Gasteiger partial charge in [0.05, 0.1) is 11.5 Å². The van der Waals surface area contributed by atoms with Crippen LogP contribution < -0.4 is 0 Å². The average Bonchev–Trinajstić information content (AvgIpc) is 3.05. The van der Waals surface area contributed by atoms with Crippen LogP contribution in [0.2, 0.25) is 0 Å². The number of rotatable bonds is 3. The molecule has 0 heterocycles. The first-order chi connectivity index (χ1) is 16.8. The lowest BCUT2D eigenvalue weighted by Gasteiger charge is -2.33. The summed E-state index contributed by atoms with van der Waals surface area (Å²) in [5, 5.41) is 11.8. The van der Waals surface area contributed by atoms with Gasteiger partial charge in [0.25, 0.3) is 0 Å². The van der Waals surface area contributed by atoms with Crippen molar-refractivity contribution in [2.45, 2.75) is 72.2 Å². The molecule has 1 saturated carbocycles. The van der Waals surface area contributed by atoms with Crippen LogP contribution in [-0.2, 0) is 23.9 Å². The van der Waals surface area contributed by atoms with Gasteiger partial charge in [-0.25, -0.2) is 4.79 Å². The predicted octanol–water partition coefficient (Wildman–Crippen LogP) is 4.24. The Labute approximate surface area is 212 Å². The summed E-state index contributed by atoms with van der Waals surface area (Å²) in [6, 6.07) is 8.52. The fourth-order valence-electron chi connectivity index (χ4n) is 5.10. The molecule has 0 saturated heterocycles. The van der Waals surface area contributed by atoms with Gasteiger partial charge in [0, 0.05) is 24.7 Å². The minimum absolute atomic E-state index is 0.0588. The van der Waals surface area contributed by atoms with Gasteiger partial charge in [0.1, 0.15) is 23.6 Å². The summed E-state index contributed by atoms with van der Waals surface area (Å²) in [5.74, 6) is -3.55. The molecule has 1 aromatic rings. The van der Waals surface area contributed by atoms with Gasteiger partial charge in [-0.1, -0.05) is 50.3 Å². The van der Waals surface area contributed by atoms with Crippen molar-refractivity contribution in [2.75, 3.05) is 0 Å². The molecule has 7 nitrogen and oxygen atoms in total. The molecular formula is C29H36O7. The number of carbonyl (C=O) groups excluding carboxylic acids is 4. The number of esters is 2. The van der Waals surface area contributed by atoms with Crippen molar-refractivity contribution in [3.63, 3.8) is 0 Å². The molecule has 1 fully saturated rings. The van der Waals surface area contributed by atoms with E-state index in [1.54, 1.807) is 76.3 Å². The van der Waals surface area contributed by atoms with Crippen LogP contribution >= 0.6 is 0 Å². The van der Waals surface area contributed by atoms with E-state index in [0.717, 1.165) is 0 Å². The van der Waals surface area contributed by atoms with E-state index in [4.69, 9.17) is 9.47 Å². The number of hydrogen-bond acceptors (Lipinski definition) is 7. The summed E-state index contributed by atoms with van der Waals surface area (Å²) >= 11 is 0. The van der Waals surface area contributed by atoms with Crippen LogP contribution in [0.5, 0.6) is 0 Å². The Bertz CT molecular complexity index is 1080. The van der Waals surface area contributed by atoms with Crippen molar-refractivity contribution in [2.24, 2.45) is 23.2 Å². The summed E-state index contributed by atoms with van der Waals surface area (Å²) < 4.78 is 11.4. The topological polar surface area (TPSA) is 107 Å². The van der Waals surface area contributed by atoms with E-state index in [0.29, 0.717) is 11.1 Å². The molecule has 0 aliphatic heterocycles. The molecule has 1 aromatic carbocycles. The van der Waals surface area contributed by atoms with Crippen molar-refractivity contribution < 1.29 is 33.8 Å². The molecular weight excluding hydrogens is 460 g/mol. The molecule has 194 valence electrons. The van der Waals surface area contributed by atoms with Crippen molar-refractivity contribution >= 4 is 23.5 Å². The maximum absolute atomic E-state index is 13.6. The van der Waals surface area contributed by atoms with Crippen LogP contribution in [0, 0.1) is 23.2 Å². The van der Waals surface area contributed by atoms with E-state index in [1.165, 1.54) is 6.92 Å². The van der Waals surface area contributed by atoms with Crippen LogP contribution in [-0.4, -0.2) is 46.4 Å². The van der Waals surface area contributed by atoms with Crippen molar-refractivity contribution in [3.8, 4) is 0 Å². The Kier molecular flexibility index (Phi) is 8.04. The lowest BCUT2D eigenvalue weighted by atomic mass is 9.77. The lowest BCUT2D eigenvalue weighted by molar-refractivity contribution is -0.147. The first kappa shape index (κ1) is 27.5. The first-order valence-corrected chi connectivity index (χ1v) is 12.4. The van der Waals surface area contributed by atoms with E-state index in [1.807, 2.05) is 6.92 Å². The molecule has 0 aromatic heterocycles. The minimum Gasteiger partial charge on any atom is -0.458 e. The number of aliphatic hydroxyl groups is 1. The normalized spacial score (nSPS) is 33.4. The average molecular weight is 497 g/mol. The van der Waals surface area contributed by atoms with Crippen LogP contribution in [0.1, 0.15) is 64.7 Å². The second kappa shape index (κ2) is 10.5. The number of ketones is 2. The maximum Gasteiger partial charge on any atom is 0.338 e. The molecule has 0 spiro atoms. The molecule has 7 heteroatoms. The van der Waals surface area contributed by atoms with Crippen LogP contribution in [0.3, 0.4) is 0 Å². The summed E-state index contributed by atoms with van der Waals surface area (Å²) in [6.07, 6.45) is 3.33. The minimum atomic E-state index is -1.81. The van der Waals surface area contributed by atoms with Crippen LogP contribution in [0.15, 0.2) is 54.1 Å². The Hall–Kier alpha value is -3.06. The number of carbonyl (C=O) groups is 4. The molecule has 3 rings (SSSR count). The van der Waals surface area contributed by atoms with Gasteiger partial charge in [-0.15, -0.1) is 0 Å². The number of ether oxygens (including phenoxy) is 2. The molecule has 0 unspecified atom stereocenters. The maximum atomic E-state index is 13.6. The molecule has 1 N–H and O–H groups in total. The number of fused-ring (bicyclic) bond motifs is 1. The zero-order chi connectivity index (χ0) is 26.8. The Morgan fingerprint density at radius 2 is 1.69 bits per heavy atom. The van der Waals surface area contributed by atoms with Crippen molar-refractivity contribution in [3.05, 3.63) is 59.7 Å². The molecule has 2 aliphatic rings.